The van der Waals surface area contributed by atoms with Crippen molar-refractivity contribution in [3.05, 3.63) is 90.0 Å². The number of carbonyl (C=O) groups excluding carboxylic acids is 2. The van der Waals surface area contributed by atoms with Gasteiger partial charge in [-0.2, -0.15) is 0 Å². The molecule has 0 saturated carbocycles. The van der Waals surface area contributed by atoms with Gasteiger partial charge in [-0.05, 0) is 83.8 Å². The van der Waals surface area contributed by atoms with Gasteiger partial charge in [-0.25, -0.2) is 13.8 Å². The van der Waals surface area contributed by atoms with Gasteiger partial charge in [0, 0.05) is 18.8 Å². The molecule has 1 aliphatic heterocycles. The van der Waals surface area contributed by atoms with Gasteiger partial charge in [0.1, 0.15) is 30.2 Å². The maximum absolute atomic E-state index is 14.2. The zero-order valence-electron chi connectivity index (χ0n) is 22.8. The number of fused-ring (bicyclic) bond motifs is 1. The molecule has 0 bridgehead atoms. The summed E-state index contributed by atoms with van der Waals surface area (Å²) in [6, 6.07) is 17.1. The molecule has 0 spiro atoms. The number of aryl methyl sites for hydroxylation is 1. The fraction of sp³-hybridized carbons (Fsp3) is 0.276. The summed E-state index contributed by atoms with van der Waals surface area (Å²) in [5, 5.41) is 22.7. The third-order valence-electron chi connectivity index (χ3n) is 7.25. The molecule has 2 atom stereocenters. The highest BCUT2D eigenvalue weighted by molar-refractivity contribution is 6.01. The number of rotatable bonds is 9. The van der Waals surface area contributed by atoms with Crippen molar-refractivity contribution < 1.29 is 18.7 Å². The number of amides is 2. The highest BCUT2D eigenvalue weighted by Gasteiger charge is 2.34. The lowest BCUT2D eigenvalue weighted by Crippen LogP contribution is -2.46. The van der Waals surface area contributed by atoms with Crippen LogP contribution in [0.4, 0.5) is 10.1 Å². The van der Waals surface area contributed by atoms with Gasteiger partial charge in [-0.3, -0.25) is 14.5 Å². The summed E-state index contributed by atoms with van der Waals surface area (Å²) in [4.78, 5) is 29.6. The lowest BCUT2D eigenvalue weighted by atomic mass is 10.0. The van der Waals surface area contributed by atoms with Crippen LogP contribution in [0.15, 0.2) is 73.1 Å². The predicted molar refractivity (Wildman–Crippen MR) is 150 cm³/mol. The van der Waals surface area contributed by atoms with E-state index < -0.39 is 23.7 Å². The maximum atomic E-state index is 14.2. The molecule has 1 fully saturated rings. The fourth-order valence-electron chi connectivity index (χ4n) is 5.17. The van der Waals surface area contributed by atoms with Gasteiger partial charge >= 0.3 is 0 Å². The lowest BCUT2D eigenvalue weighted by Gasteiger charge is -2.32. The summed E-state index contributed by atoms with van der Waals surface area (Å²) < 4.78 is 22.7. The van der Waals surface area contributed by atoms with Crippen molar-refractivity contribution in [2.24, 2.45) is 0 Å². The number of aromatic nitrogens is 7. The first-order valence-electron chi connectivity index (χ1n) is 13.6. The Morgan fingerprint density at radius 3 is 2.69 bits per heavy atom. The Bertz CT molecular complexity index is 1700. The number of tetrazole rings is 1. The second kappa shape index (κ2) is 11.8. The Balaban J connectivity index is 1.42. The van der Waals surface area contributed by atoms with Crippen LogP contribution in [0.25, 0.3) is 16.7 Å². The summed E-state index contributed by atoms with van der Waals surface area (Å²) >= 11 is 0. The molecule has 1 aliphatic rings. The van der Waals surface area contributed by atoms with E-state index in [1.165, 1.54) is 44.9 Å². The average Bonchev–Trinajstić information content (AvgIpc) is 3.79. The quantitative estimate of drug-likeness (QED) is 0.287. The molecule has 6 rings (SSSR count). The van der Waals surface area contributed by atoms with Crippen molar-refractivity contribution >= 4 is 28.5 Å². The molecule has 42 heavy (non-hydrogen) atoms. The smallest absolute Gasteiger partial charge is 0.249 e. The van der Waals surface area contributed by atoms with Crippen LogP contribution >= 0.6 is 0 Å². The summed E-state index contributed by atoms with van der Waals surface area (Å²) in [6.45, 7) is 2.61. The molecule has 2 amide bonds. The highest BCUT2D eigenvalue weighted by atomic mass is 19.1. The van der Waals surface area contributed by atoms with E-state index in [4.69, 9.17) is 4.74 Å². The van der Waals surface area contributed by atoms with Crippen LogP contribution in [0.1, 0.15) is 30.0 Å². The van der Waals surface area contributed by atoms with Gasteiger partial charge in [-0.1, -0.05) is 29.5 Å². The van der Waals surface area contributed by atoms with Gasteiger partial charge in [0.25, 0.3) is 0 Å². The van der Waals surface area contributed by atoms with E-state index in [9.17, 15) is 14.0 Å². The molecule has 12 nitrogen and oxygen atoms in total. The van der Waals surface area contributed by atoms with E-state index in [2.05, 4.69) is 31.2 Å². The van der Waals surface area contributed by atoms with E-state index in [1.54, 1.807) is 18.2 Å². The molecule has 5 aromatic rings. The number of para-hydroxylation sites is 1. The molecule has 1 N–H and O–H groups in total. The minimum atomic E-state index is -1.12. The fourth-order valence-corrected chi connectivity index (χ4v) is 5.17. The van der Waals surface area contributed by atoms with Gasteiger partial charge in [-0.15, -0.1) is 10.2 Å². The number of nitrogens with zero attached hydrogens (tertiary/aromatic N) is 8. The van der Waals surface area contributed by atoms with Crippen molar-refractivity contribution in [3.8, 4) is 5.69 Å². The van der Waals surface area contributed by atoms with E-state index in [1.807, 2.05) is 31.2 Å². The molecule has 13 heteroatoms. The zero-order valence-corrected chi connectivity index (χ0v) is 22.8. The van der Waals surface area contributed by atoms with Crippen LogP contribution in [0.2, 0.25) is 0 Å². The van der Waals surface area contributed by atoms with Crippen LogP contribution in [0.5, 0.6) is 0 Å². The van der Waals surface area contributed by atoms with Crippen molar-refractivity contribution in [2.75, 3.05) is 18.1 Å². The third-order valence-corrected chi connectivity index (χ3v) is 7.25. The first-order chi connectivity index (χ1) is 20.5. The number of ether oxygens (including phenoxy) is 1. The maximum Gasteiger partial charge on any atom is 0.249 e. The van der Waals surface area contributed by atoms with Crippen LogP contribution in [0.3, 0.4) is 0 Å². The van der Waals surface area contributed by atoms with E-state index >= 15 is 0 Å². The number of benzene rings is 3. The van der Waals surface area contributed by atoms with Crippen molar-refractivity contribution in [2.45, 2.75) is 38.5 Å². The normalized spacial score (nSPS) is 15.5. The summed E-state index contributed by atoms with van der Waals surface area (Å²) in [7, 11) is 0. The molecule has 3 aromatic carbocycles. The Kier molecular flexibility index (Phi) is 7.64. The third kappa shape index (κ3) is 5.59. The number of anilines is 1. The topological polar surface area (TPSA) is 133 Å². The average molecular weight is 570 g/mol. The molecule has 214 valence electrons. The van der Waals surface area contributed by atoms with E-state index in [-0.39, 0.29) is 12.6 Å². The monoisotopic (exact) mass is 569 g/mol. The minimum Gasteiger partial charge on any atom is -0.376 e. The van der Waals surface area contributed by atoms with Crippen LogP contribution in [-0.4, -0.2) is 66.3 Å². The van der Waals surface area contributed by atoms with Crippen LogP contribution in [0, 0.1) is 12.7 Å². The van der Waals surface area contributed by atoms with Crippen LogP contribution < -0.4 is 10.2 Å². The molecule has 1 saturated heterocycles. The lowest BCUT2D eigenvalue weighted by molar-refractivity contribution is -0.127. The molecule has 2 aromatic heterocycles. The summed E-state index contributed by atoms with van der Waals surface area (Å²) in [6.07, 6.45) is 3.12. The SMILES string of the molecule is Cc1cc(N(C(=O)Cn2nnc3ccccc32)[C@@H](C(=O)NC[C@@H]2CCCO2)c2ccc(F)cc2)ccc1-n1cnnn1. The molecule has 0 radical (unpaired) electrons. The molecular formula is C29H28FN9O3. The Hall–Kier alpha value is -5.04. The van der Waals surface area contributed by atoms with Gasteiger partial charge < -0.3 is 10.1 Å². The first kappa shape index (κ1) is 27.1. The van der Waals surface area contributed by atoms with Gasteiger partial charge in [0.2, 0.25) is 11.8 Å². The summed E-state index contributed by atoms with van der Waals surface area (Å²) in [5.74, 6) is -1.29. The Morgan fingerprint density at radius 1 is 1.12 bits per heavy atom. The second-order valence-electron chi connectivity index (χ2n) is 10.1. The van der Waals surface area contributed by atoms with Crippen LogP contribution in [-0.2, 0) is 20.9 Å². The molecular weight excluding hydrogens is 541 g/mol. The second-order valence-corrected chi connectivity index (χ2v) is 10.1. The molecule has 0 aliphatic carbocycles. The number of halogens is 1. The minimum absolute atomic E-state index is 0.105. The number of carbonyl (C=O) groups is 2. The standard InChI is InChI=1S/C29H28FN9O3/c1-19-15-22(12-13-25(19)38-18-32-34-36-38)39(27(40)17-37-26-7-3-2-6-24(26)33-35-37)28(20-8-10-21(30)11-9-20)29(41)31-16-23-5-4-14-42-23/h2-3,6-13,15,18,23,28H,4-5,14,16-17H2,1H3,(H,31,41)/t23-,28+/m0/s1. The molecule has 3 heterocycles. The largest absolute Gasteiger partial charge is 0.376 e. The highest BCUT2D eigenvalue weighted by Crippen LogP contribution is 2.31. The summed E-state index contributed by atoms with van der Waals surface area (Å²) in [5.41, 5.74) is 3.70. The van der Waals surface area contributed by atoms with E-state index in [0.717, 1.165) is 18.4 Å². The van der Waals surface area contributed by atoms with Crippen molar-refractivity contribution in [1.29, 1.82) is 0 Å². The first-order valence-corrected chi connectivity index (χ1v) is 13.6. The Morgan fingerprint density at radius 2 is 1.95 bits per heavy atom. The van der Waals surface area contributed by atoms with Gasteiger partial charge in [0.05, 0.1) is 17.3 Å². The number of nitrogens with one attached hydrogen (secondary N) is 1. The number of hydrogen-bond acceptors (Lipinski definition) is 8. The van der Waals surface area contributed by atoms with Gasteiger partial charge in [0.15, 0.2) is 0 Å². The van der Waals surface area contributed by atoms with E-state index in [0.29, 0.717) is 41.1 Å². The molecule has 0 unspecified atom stereocenters. The Labute approximate surface area is 240 Å². The van der Waals surface area contributed by atoms with Crippen molar-refractivity contribution in [1.82, 2.24) is 40.5 Å². The zero-order chi connectivity index (χ0) is 29.1. The predicted octanol–water partition coefficient (Wildman–Crippen LogP) is 2.92. The van der Waals surface area contributed by atoms with Crippen molar-refractivity contribution in [3.63, 3.8) is 0 Å². The number of hydrogen-bond donors (Lipinski definition) is 1.